The van der Waals surface area contributed by atoms with E-state index in [-0.39, 0.29) is 5.78 Å². The van der Waals surface area contributed by atoms with E-state index >= 15 is 0 Å². The van der Waals surface area contributed by atoms with Crippen molar-refractivity contribution in [1.29, 1.82) is 0 Å². The Labute approximate surface area is 136 Å². The average molecular weight is 307 g/mol. The Bertz CT molecular complexity index is 756. The van der Waals surface area contributed by atoms with E-state index in [4.69, 9.17) is 4.74 Å². The standard InChI is InChI=1S/C20H21NO2/c1-3-18(22)19(2)20(21-11-12-23-19)15-9-10-16(17(20)13-15)14-7-5-4-6-8-14/h4-10,13,21H,3,11-12H2,1-2H3. The van der Waals surface area contributed by atoms with E-state index in [1.165, 1.54) is 16.7 Å². The molecule has 0 amide bonds. The van der Waals surface area contributed by atoms with Crippen LogP contribution in [0.2, 0.25) is 0 Å². The van der Waals surface area contributed by atoms with E-state index < -0.39 is 11.1 Å². The topological polar surface area (TPSA) is 38.3 Å². The number of allylic oxidation sites excluding steroid dienone is 2. The Morgan fingerprint density at radius 3 is 2.74 bits per heavy atom. The van der Waals surface area contributed by atoms with Crippen molar-refractivity contribution in [2.24, 2.45) is 0 Å². The molecular formula is C20H21NO2. The molecule has 3 nitrogen and oxygen atoms in total. The molecule has 118 valence electrons. The highest BCUT2D eigenvalue weighted by Crippen LogP contribution is 2.55. The maximum atomic E-state index is 12.7. The van der Waals surface area contributed by atoms with Gasteiger partial charge in [0.1, 0.15) is 11.1 Å². The molecule has 1 heterocycles. The van der Waals surface area contributed by atoms with E-state index in [2.05, 4.69) is 35.7 Å². The Hall–Kier alpha value is -1.97. The maximum Gasteiger partial charge on any atom is 0.166 e. The van der Waals surface area contributed by atoms with Crippen LogP contribution in [0.25, 0.3) is 5.57 Å². The molecule has 3 aliphatic rings. The molecule has 2 unspecified atom stereocenters. The fourth-order valence-corrected chi connectivity index (χ4v) is 4.16. The number of carbonyl (C=O) groups is 1. The molecule has 1 N–H and O–H groups in total. The smallest absolute Gasteiger partial charge is 0.166 e. The largest absolute Gasteiger partial charge is 0.363 e. The molecule has 1 spiro atoms. The van der Waals surface area contributed by atoms with E-state index in [1.807, 2.05) is 32.0 Å². The SMILES string of the molecule is CCC(=O)C1(C)OCCNC12c1ccc(-c3ccccc3)c2c1. The van der Waals surface area contributed by atoms with Crippen molar-refractivity contribution < 1.29 is 9.53 Å². The highest BCUT2D eigenvalue weighted by Gasteiger charge is 2.63. The summed E-state index contributed by atoms with van der Waals surface area (Å²) in [6, 6.07) is 10.3. The summed E-state index contributed by atoms with van der Waals surface area (Å²) in [5.74, 6) is 0.149. The van der Waals surface area contributed by atoms with E-state index in [0.717, 1.165) is 12.1 Å². The van der Waals surface area contributed by atoms with Crippen LogP contribution in [0, 0.1) is 0 Å². The van der Waals surface area contributed by atoms with E-state index in [9.17, 15) is 4.79 Å². The van der Waals surface area contributed by atoms with Crippen molar-refractivity contribution in [3.05, 3.63) is 65.3 Å². The number of morpholine rings is 1. The van der Waals surface area contributed by atoms with Crippen molar-refractivity contribution in [3.8, 4) is 0 Å². The van der Waals surface area contributed by atoms with Gasteiger partial charge in [-0.3, -0.25) is 10.1 Å². The van der Waals surface area contributed by atoms with Crippen LogP contribution < -0.4 is 5.32 Å². The van der Waals surface area contributed by atoms with Gasteiger partial charge in [-0.25, -0.2) is 0 Å². The summed E-state index contributed by atoms with van der Waals surface area (Å²) >= 11 is 0. The van der Waals surface area contributed by atoms with Crippen molar-refractivity contribution in [1.82, 2.24) is 5.32 Å². The molecule has 1 aromatic carbocycles. The van der Waals surface area contributed by atoms with Gasteiger partial charge < -0.3 is 4.74 Å². The van der Waals surface area contributed by atoms with Gasteiger partial charge in [0.25, 0.3) is 0 Å². The minimum absolute atomic E-state index is 0.149. The zero-order valence-corrected chi connectivity index (χ0v) is 13.6. The highest BCUT2D eigenvalue weighted by atomic mass is 16.5. The molecule has 2 atom stereocenters. The number of benzene rings is 1. The number of nitrogens with one attached hydrogen (secondary N) is 1. The molecule has 1 saturated heterocycles. The molecule has 0 aromatic heterocycles. The highest BCUT2D eigenvalue weighted by molar-refractivity contribution is 5.99. The number of rotatable bonds is 3. The molecule has 2 bridgehead atoms. The molecule has 0 saturated carbocycles. The first kappa shape index (κ1) is 14.6. The quantitative estimate of drug-likeness (QED) is 0.933. The van der Waals surface area contributed by atoms with E-state index in [1.54, 1.807) is 0 Å². The second-order valence-corrected chi connectivity index (χ2v) is 6.46. The summed E-state index contributed by atoms with van der Waals surface area (Å²) in [6.45, 7) is 5.17. The number of ether oxygens (including phenoxy) is 1. The minimum Gasteiger partial charge on any atom is -0.363 e. The summed E-state index contributed by atoms with van der Waals surface area (Å²) in [6.07, 6.45) is 6.94. The molecule has 1 aliphatic heterocycles. The summed E-state index contributed by atoms with van der Waals surface area (Å²) < 4.78 is 6.08. The van der Waals surface area contributed by atoms with E-state index in [0.29, 0.717) is 13.0 Å². The Morgan fingerprint density at radius 2 is 2.04 bits per heavy atom. The van der Waals surface area contributed by atoms with Crippen LogP contribution in [-0.2, 0) is 9.53 Å². The molecule has 23 heavy (non-hydrogen) atoms. The van der Waals surface area contributed by atoms with Gasteiger partial charge in [0.05, 0.1) is 6.61 Å². The molecule has 0 radical (unpaired) electrons. The number of ketones is 1. The first-order chi connectivity index (χ1) is 11.1. The normalized spacial score (nSPS) is 31.8. The lowest BCUT2D eigenvalue weighted by atomic mass is 9.56. The van der Waals surface area contributed by atoms with Crippen LogP contribution in [-0.4, -0.2) is 30.1 Å². The van der Waals surface area contributed by atoms with Gasteiger partial charge in [0.15, 0.2) is 5.78 Å². The third-order valence-corrected chi connectivity index (χ3v) is 5.39. The van der Waals surface area contributed by atoms with Gasteiger partial charge in [-0.15, -0.1) is 0 Å². The zero-order valence-electron chi connectivity index (χ0n) is 13.6. The molecular weight excluding hydrogens is 286 g/mol. The van der Waals surface area contributed by atoms with Crippen LogP contribution in [0.4, 0.5) is 0 Å². The summed E-state index contributed by atoms with van der Waals surface area (Å²) in [4.78, 5) is 12.7. The molecule has 3 heteroatoms. The molecule has 4 rings (SSSR count). The Morgan fingerprint density at radius 1 is 1.26 bits per heavy atom. The van der Waals surface area contributed by atoms with Crippen LogP contribution in [0.5, 0.6) is 0 Å². The Balaban J connectivity index is 1.82. The fourth-order valence-electron chi connectivity index (χ4n) is 4.16. The molecule has 1 fully saturated rings. The second-order valence-electron chi connectivity index (χ2n) is 6.46. The maximum absolute atomic E-state index is 12.7. The first-order valence-corrected chi connectivity index (χ1v) is 8.26. The fraction of sp³-hybridized carbons (Fsp3) is 0.350. The lowest BCUT2D eigenvalue weighted by Gasteiger charge is -2.58. The number of hydrogen-bond donors (Lipinski definition) is 1. The second kappa shape index (κ2) is 5.02. The number of carbonyl (C=O) groups excluding carboxylic acids is 1. The predicted molar refractivity (Wildman–Crippen MR) is 91.0 cm³/mol. The van der Waals surface area contributed by atoms with Gasteiger partial charge >= 0.3 is 0 Å². The van der Waals surface area contributed by atoms with Crippen molar-refractivity contribution in [2.45, 2.75) is 31.4 Å². The summed E-state index contributed by atoms with van der Waals surface area (Å²) in [5, 5.41) is 3.62. The third-order valence-electron chi connectivity index (χ3n) is 5.39. The molecule has 2 aliphatic carbocycles. The van der Waals surface area contributed by atoms with Crippen molar-refractivity contribution >= 4 is 11.4 Å². The van der Waals surface area contributed by atoms with Crippen LogP contribution in [0.15, 0.2) is 59.7 Å². The lowest BCUT2D eigenvalue weighted by Crippen LogP contribution is -2.74. The minimum atomic E-state index is -0.843. The van der Waals surface area contributed by atoms with Gasteiger partial charge in [-0.05, 0) is 29.2 Å². The predicted octanol–water partition coefficient (Wildman–Crippen LogP) is 3.05. The lowest BCUT2D eigenvalue weighted by molar-refractivity contribution is -0.157. The van der Waals surface area contributed by atoms with Crippen molar-refractivity contribution in [2.75, 3.05) is 13.2 Å². The van der Waals surface area contributed by atoms with Crippen molar-refractivity contribution in [3.63, 3.8) is 0 Å². The van der Waals surface area contributed by atoms with Gasteiger partial charge in [0, 0.05) is 13.0 Å². The summed E-state index contributed by atoms with van der Waals surface area (Å²) in [7, 11) is 0. The average Bonchev–Trinajstić information content (AvgIpc) is 2.61. The van der Waals surface area contributed by atoms with Crippen LogP contribution in [0.1, 0.15) is 25.8 Å². The van der Waals surface area contributed by atoms with Gasteiger partial charge in [-0.1, -0.05) is 55.5 Å². The van der Waals surface area contributed by atoms with Gasteiger partial charge in [-0.2, -0.15) is 0 Å². The first-order valence-electron chi connectivity index (χ1n) is 8.26. The van der Waals surface area contributed by atoms with Crippen LogP contribution in [0.3, 0.4) is 0 Å². The zero-order chi connectivity index (χ0) is 16.1. The number of Topliss-reactive ketones (excluding diaryl/α,β-unsaturated/α-hetero) is 1. The Kier molecular flexibility index (Phi) is 3.19. The summed E-state index contributed by atoms with van der Waals surface area (Å²) in [5.41, 5.74) is 3.32. The van der Waals surface area contributed by atoms with Crippen LogP contribution >= 0.6 is 0 Å². The number of hydrogen-bond acceptors (Lipinski definition) is 3. The molecule has 1 aromatic rings. The van der Waals surface area contributed by atoms with Gasteiger partial charge in [0.2, 0.25) is 0 Å². The third kappa shape index (κ3) is 1.75. The monoisotopic (exact) mass is 307 g/mol.